The van der Waals surface area contributed by atoms with Gasteiger partial charge in [0.15, 0.2) is 11.1 Å². The van der Waals surface area contributed by atoms with Gasteiger partial charge >= 0.3 is 0 Å². The Kier molecular flexibility index (Phi) is 7.59. The zero-order chi connectivity index (χ0) is 22.4. The summed E-state index contributed by atoms with van der Waals surface area (Å²) < 4.78 is 0. The Bertz CT molecular complexity index is 951. The van der Waals surface area contributed by atoms with E-state index in [0.29, 0.717) is 23.9 Å². The maximum Gasteiger partial charge on any atom is 0.223 e. The summed E-state index contributed by atoms with van der Waals surface area (Å²) in [7, 11) is 0. The number of hydrogen-bond acceptors (Lipinski definition) is 6. The average molecular weight is 444 g/mol. The van der Waals surface area contributed by atoms with Crippen molar-refractivity contribution < 1.29 is 9.59 Å². The number of carbonyl (C=O) groups excluding carboxylic acids is 2. The number of rotatable bonds is 8. The molecule has 1 fully saturated rings. The van der Waals surface area contributed by atoms with Crippen molar-refractivity contribution in [3.8, 4) is 0 Å². The van der Waals surface area contributed by atoms with Gasteiger partial charge in [0.1, 0.15) is 0 Å². The van der Waals surface area contributed by atoms with E-state index in [0.717, 1.165) is 48.4 Å². The van der Waals surface area contributed by atoms with Crippen LogP contribution in [0.3, 0.4) is 0 Å². The van der Waals surface area contributed by atoms with Gasteiger partial charge in [0, 0.05) is 24.9 Å². The van der Waals surface area contributed by atoms with E-state index in [9.17, 15) is 9.59 Å². The maximum atomic E-state index is 11.6. The van der Waals surface area contributed by atoms with E-state index in [4.69, 9.17) is 17.2 Å². The molecule has 3 rings (SSSR count). The van der Waals surface area contributed by atoms with E-state index >= 15 is 0 Å². The van der Waals surface area contributed by atoms with Crippen molar-refractivity contribution in [2.45, 2.75) is 39.2 Å². The van der Waals surface area contributed by atoms with Crippen LogP contribution in [-0.2, 0) is 29.0 Å². The van der Waals surface area contributed by atoms with Crippen LogP contribution in [0.25, 0.3) is 0 Å². The van der Waals surface area contributed by atoms with Crippen molar-refractivity contribution in [1.82, 2.24) is 9.88 Å². The SMILES string of the molecule is CC(=O)Nc1nc(CCc2ccc(N=C(N)N)cc2)c(CN2CCC[C@H](C(N)=O)C2)s1. The van der Waals surface area contributed by atoms with Crippen LogP contribution < -0.4 is 22.5 Å². The Hall–Kier alpha value is -2.98. The molecule has 31 heavy (non-hydrogen) atoms. The smallest absolute Gasteiger partial charge is 0.223 e. The zero-order valence-electron chi connectivity index (χ0n) is 17.6. The van der Waals surface area contributed by atoms with E-state index in [-0.39, 0.29) is 23.7 Å². The van der Waals surface area contributed by atoms with Gasteiger partial charge in [-0.1, -0.05) is 12.1 Å². The number of piperidine rings is 1. The Morgan fingerprint density at radius 2 is 1.97 bits per heavy atom. The lowest BCUT2D eigenvalue weighted by atomic mass is 9.97. The van der Waals surface area contributed by atoms with Crippen molar-refractivity contribution in [3.05, 3.63) is 40.4 Å². The third-order valence-electron chi connectivity index (χ3n) is 5.18. The van der Waals surface area contributed by atoms with Gasteiger partial charge in [-0.2, -0.15) is 0 Å². The molecule has 1 aliphatic heterocycles. The van der Waals surface area contributed by atoms with E-state index < -0.39 is 0 Å². The number of guanidine groups is 1. The van der Waals surface area contributed by atoms with Gasteiger partial charge < -0.3 is 22.5 Å². The summed E-state index contributed by atoms with van der Waals surface area (Å²) in [4.78, 5) is 35.1. The number of anilines is 1. The summed E-state index contributed by atoms with van der Waals surface area (Å²) >= 11 is 1.49. The molecular weight excluding hydrogens is 414 g/mol. The van der Waals surface area contributed by atoms with Crippen molar-refractivity contribution in [2.24, 2.45) is 28.1 Å². The Labute approximate surface area is 185 Å². The molecule has 0 bridgehead atoms. The van der Waals surface area contributed by atoms with E-state index in [1.54, 1.807) is 0 Å². The molecule has 2 aromatic rings. The van der Waals surface area contributed by atoms with Gasteiger partial charge in [0.05, 0.1) is 17.3 Å². The quantitative estimate of drug-likeness (QED) is 0.358. The van der Waals surface area contributed by atoms with Crippen LogP contribution in [0.2, 0.25) is 0 Å². The zero-order valence-corrected chi connectivity index (χ0v) is 18.5. The van der Waals surface area contributed by atoms with E-state index in [1.165, 1.54) is 18.3 Å². The fourth-order valence-corrected chi connectivity index (χ4v) is 4.79. The first kappa shape index (κ1) is 22.7. The molecule has 2 heterocycles. The second-order valence-corrected chi connectivity index (χ2v) is 8.83. The lowest BCUT2D eigenvalue weighted by Crippen LogP contribution is -2.40. The molecule has 1 aromatic carbocycles. The van der Waals surface area contributed by atoms with Crippen LogP contribution in [0.4, 0.5) is 10.8 Å². The van der Waals surface area contributed by atoms with Crippen molar-refractivity contribution in [2.75, 3.05) is 18.4 Å². The molecule has 10 heteroatoms. The molecule has 7 N–H and O–H groups in total. The lowest BCUT2D eigenvalue weighted by molar-refractivity contribution is -0.123. The molecule has 1 saturated heterocycles. The fourth-order valence-electron chi connectivity index (χ4n) is 3.69. The van der Waals surface area contributed by atoms with Gasteiger partial charge in [-0.25, -0.2) is 9.98 Å². The summed E-state index contributed by atoms with van der Waals surface area (Å²) in [5.74, 6) is -0.461. The number of nitrogens with two attached hydrogens (primary N) is 3. The number of aliphatic imine (C=N–C) groups is 1. The molecule has 1 aromatic heterocycles. The minimum absolute atomic E-state index is 0.0293. The highest BCUT2D eigenvalue weighted by Crippen LogP contribution is 2.28. The predicted octanol–water partition coefficient (Wildman–Crippen LogP) is 1.49. The molecule has 0 spiro atoms. The molecule has 166 valence electrons. The van der Waals surface area contributed by atoms with Gasteiger partial charge in [0.2, 0.25) is 11.8 Å². The molecule has 1 aliphatic rings. The summed E-state index contributed by atoms with van der Waals surface area (Å²) in [5, 5.41) is 3.39. The minimum Gasteiger partial charge on any atom is -0.370 e. The standard InChI is InChI=1S/C21H29N7O2S/c1-13(29)25-21-27-17(9-6-14-4-7-16(8-5-14)26-20(23)24)18(31-21)12-28-10-2-3-15(11-28)19(22)30/h4-5,7-8,15H,2-3,6,9-12H2,1H3,(H2,22,30)(H4,23,24,26)(H,25,27,29)/t15-/m0/s1. The van der Waals surface area contributed by atoms with Gasteiger partial charge in [-0.05, 0) is 49.9 Å². The van der Waals surface area contributed by atoms with Crippen LogP contribution in [-0.4, -0.2) is 40.7 Å². The lowest BCUT2D eigenvalue weighted by Gasteiger charge is -2.30. The van der Waals surface area contributed by atoms with Crippen molar-refractivity contribution >= 4 is 39.9 Å². The second kappa shape index (κ2) is 10.4. The molecule has 1 atom stereocenters. The number of nitrogens with zero attached hydrogens (tertiary/aromatic N) is 3. The van der Waals surface area contributed by atoms with Crippen molar-refractivity contribution in [3.63, 3.8) is 0 Å². The third kappa shape index (κ3) is 6.76. The van der Waals surface area contributed by atoms with Crippen LogP contribution in [0.15, 0.2) is 29.3 Å². The highest BCUT2D eigenvalue weighted by atomic mass is 32.1. The predicted molar refractivity (Wildman–Crippen MR) is 123 cm³/mol. The van der Waals surface area contributed by atoms with Gasteiger partial charge in [-0.15, -0.1) is 11.3 Å². The van der Waals surface area contributed by atoms with Crippen LogP contribution in [0.1, 0.15) is 35.9 Å². The van der Waals surface area contributed by atoms with Crippen LogP contribution in [0.5, 0.6) is 0 Å². The number of aryl methyl sites for hydroxylation is 2. The molecule has 0 saturated carbocycles. The van der Waals surface area contributed by atoms with Crippen LogP contribution >= 0.6 is 11.3 Å². The third-order valence-corrected chi connectivity index (χ3v) is 6.18. The van der Waals surface area contributed by atoms with Crippen LogP contribution in [0, 0.1) is 5.92 Å². The molecular formula is C21H29N7O2S. The Morgan fingerprint density at radius 1 is 1.23 bits per heavy atom. The molecule has 0 radical (unpaired) electrons. The van der Waals surface area contributed by atoms with E-state index in [1.807, 2.05) is 24.3 Å². The number of benzene rings is 1. The number of amides is 2. The molecule has 0 aliphatic carbocycles. The summed E-state index contributed by atoms with van der Waals surface area (Å²) in [6, 6.07) is 7.73. The summed E-state index contributed by atoms with van der Waals surface area (Å²) in [6.45, 7) is 3.75. The number of thiazole rings is 1. The van der Waals surface area contributed by atoms with Gasteiger partial charge in [-0.3, -0.25) is 14.5 Å². The minimum atomic E-state index is -0.239. The second-order valence-electron chi connectivity index (χ2n) is 7.75. The molecule has 2 amide bonds. The maximum absolute atomic E-state index is 11.6. The Morgan fingerprint density at radius 3 is 2.61 bits per heavy atom. The number of nitrogens with one attached hydrogen (secondary N) is 1. The highest BCUT2D eigenvalue weighted by Gasteiger charge is 2.25. The van der Waals surface area contributed by atoms with Gasteiger partial charge in [0.25, 0.3) is 0 Å². The molecule has 9 nitrogen and oxygen atoms in total. The monoisotopic (exact) mass is 443 g/mol. The number of aromatic nitrogens is 1. The average Bonchev–Trinajstić information content (AvgIpc) is 3.07. The largest absolute Gasteiger partial charge is 0.370 e. The normalized spacial score (nSPS) is 16.6. The number of primary amides is 1. The first-order chi connectivity index (χ1) is 14.8. The first-order valence-corrected chi connectivity index (χ1v) is 11.1. The Balaban J connectivity index is 1.71. The highest BCUT2D eigenvalue weighted by molar-refractivity contribution is 7.15. The van der Waals surface area contributed by atoms with Crippen molar-refractivity contribution in [1.29, 1.82) is 0 Å². The number of likely N-dealkylation sites (tertiary alicyclic amines) is 1. The summed E-state index contributed by atoms with van der Waals surface area (Å²) in [6.07, 6.45) is 3.32. The molecule has 0 unspecified atom stereocenters. The van der Waals surface area contributed by atoms with E-state index in [2.05, 4.69) is 20.2 Å². The number of hydrogen-bond donors (Lipinski definition) is 4. The topological polar surface area (TPSA) is 153 Å². The summed E-state index contributed by atoms with van der Waals surface area (Å²) in [5.41, 5.74) is 19.2. The first-order valence-electron chi connectivity index (χ1n) is 10.3. The fraction of sp³-hybridized carbons (Fsp3) is 0.429. The number of carbonyl (C=O) groups is 2.